The lowest BCUT2D eigenvalue weighted by Crippen LogP contribution is -2.15. The minimum Gasteiger partial charge on any atom is -0.483 e. The number of hydrogen-bond donors (Lipinski definition) is 1. The zero-order chi connectivity index (χ0) is 22.5. The summed E-state index contributed by atoms with van der Waals surface area (Å²) in [4.78, 5) is 16.9. The van der Waals surface area contributed by atoms with Gasteiger partial charge in [0.2, 0.25) is 5.91 Å². The van der Waals surface area contributed by atoms with Gasteiger partial charge in [-0.05, 0) is 38.1 Å². The van der Waals surface area contributed by atoms with Crippen molar-refractivity contribution in [3.05, 3.63) is 72.6 Å². The number of aryl methyl sites for hydroxylation is 1. The molecule has 32 heavy (non-hydrogen) atoms. The maximum Gasteiger partial charge on any atom is 0.236 e. The molecule has 1 amide bonds. The minimum absolute atomic E-state index is 0.146. The van der Waals surface area contributed by atoms with Crippen LogP contribution in [0, 0.1) is 6.92 Å². The van der Waals surface area contributed by atoms with Crippen LogP contribution in [0.5, 0.6) is 5.75 Å². The number of carbonyl (C=O) groups is 1. The Morgan fingerprint density at radius 3 is 2.78 bits per heavy atom. The number of nitrogens with one attached hydrogen (secondary N) is 1. The Hall–Kier alpha value is -3.17. The molecule has 0 aliphatic heterocycles. The van der Waals surface area contributed by atoms with E-state index in [9.17, 15) is 4.79 Å². The van der Waals surface area contributed by atoms with Crippen molar-refractivity contribution in [1.82, 2.24) is 19.7 Å². The van der Waals surface area contributed by atoms with E-state index >= 15 is 0 Å². The van der Waals surface area contributed by atoms with Crippen LogP contribution in [0.1, 0.15) is 24.4 Å². The SMILES string of the molecule is C=CCn1c(SCC(=O)Nc2nc3ccccc3s2)nnc1C(C)Oc1ccc(C)cc1. The summed E-state index contributed by atoms with van der Waals surface area (Å²) in [5.41, 5.74) is 2.04. The Kier molecular flexibility index (Phi) is 6.87. The minimum atomic E-state index is -0.309. The lowest BCUT2D eigenvalue weighted by Gasteiger charge is -2.15. The third kappa shape index (κ3) is 5.17. The van der Waals surface area contributed by atoms with Gasteiger partial charge >= 0.3 is 0 Å². The van der Waals surface area contributed by atoms with Gasteiger partial charge in [0.25, 0.3) is 0 Å². The average molecular weight is 466 g/mol. The average Bonchev–Trinajstić information content (AvgIpc) is 3.37. The second kappa shape index (κ2) is 9.97. The first kappa shape index (κ1) is 22.0. The van der Waals surface area contributed by atoms with E-state index in [1.807, 2.05) is 66.9 Å². The van der Waals surface area contributed by atoms with Crippen LogP contribution in [0.25, 0.3) is 10.2 Å². The van der Waals surface area contributed by atoms with Crippen molar-refractivity contribution in [2.24, 2.45) is 0 Å². The van der Waals surface area contributed by atoms with E-state index in [1.165, 1.54) is 28.7 Å². The molecule has 0 aliphatic rings. The van der Waals surface area contributed by atoms with Gasteiger partial charge in [0.1, 0.15) is 5.75 Å². The van der Waals surface area contributed by atoms with E-state index in [0.717, 1.165) is 16.0 Å². The van der Waals surface area contributed by atoms with E-state index in [4.69, 9.17) is 4.74 Å². The summed E-state index contributed by atoms with van der Waals surface area (Å²) in [7, 11) is 0. The number of aromatic nitrogens is 4. The topological polar surface area (TPSA) is 81.9 Å². The van der Waals surface area contributed by atoms with E-state index in [-0.39, 0.29) is 17.8 Å². The van der Waals surface area contributed by atoms with Crippen LogP contribution in [0.15, 0.2) is 66.3 Å². The first-order valence-corrected chi connectivity index (χ1v) is 11.9. The normalized spacial score (nSPS) is 11.9. The number of carbonyl (C=O) groups excluding carboxylic acids is 1. The van der Waals surface area contributed by atoms with Crippen molar-refractivity contribution in [1.29, 1.82) is 0 Å². The number of amides is 1. The van der Waals surface area contributed by atoms with Crippen LogP contribution < -0.4 is 10.1 Å². The van der Waals surface area contributed by atoms with Gasteiger partial charge in [-0.15, -0.1) is 16.8 Å². The predicted octanol–water partition coefficient (Wildman–Crippen LogP) is 5.25. The summed E-state index contributed by atoms with van der Waals surface area (Å²) in [6, 6.07) is 15.7. The van der Waals surface area contributed by atoms with Crippen molar-refractivity contribution < 1.29 is 9.53 Å². The van der Waals surface area contributed by atoms with Crippen molar-refractivity contribution >= 4 is 44.4 Å². The predicted molar refractivity (Wildman–Crippen MR) is 129 cm³/mol. The highest BCUT2D eigenvalue weighted by molar-refractivity contribution is 7.99. The van der Waals surface area contributed by atoms with Crippen LogP contribution in [-0.4, -0.2) is 31.4 Å². The molecular formula is C23H23N5O2S2. The highest BCUT2D eigenvalue weighted by Gasteiger charge is 2.20. The van der Waals surface area contributed by atoms with E-state index in [1.54, 1.807) is 6.08 Å². The summed E-state index contributed by atoms with van der Waals surface area (Å²) in [6.45, 7) is 8.31. The number of thiazole rings is 1. The molecule has 4 rings (SSSR count). The van der Waals surface area contributed by atoms with Crippen LogP contribution in [0.3, 0.4) is 0 Å². The molecule has 0 aliphatic carbocycles. The number of allylic oxidation sites excluding steroid dienone is 1. The molecule has 9 heteroatoms. The fraction of sp³-hybridized carbons (Fsp3) is 0.217. The Balaban J connectivity index is 1.41. The number of anilines is 1. The summed E-state index contributed by atoms with van der Waals surface area (Å²) in [5.74, 6) is 1.49. The second-order valence-corrected chi connectivity index (χ2v) is 9.11. The molecule has 4 aromatic rings. The van der Waals surface area contributed by atoms with Gasteiger partial charge in [-0.2, -0.15) is 0 Å². The molecule has 2 heterocycles. The van der Waals surface area contributed by atoms with Crippen LogP contribution in [0.4, 0.5) is 5.13 Å². The lowest BCUT2D eigenvalue weighted by atomic mass is 10.2. The molecule has 1 N–H and O–H groups in total. The summed E-state index contributed by atoms with van der Waals surface area (Å²) >= 11 is 2.77. The fourth-order valence-electron chi connectivity index (χ4n) is 3.09. The van der Waals surface area contributed by atoms with Crippen LogP contribution >= 0.6 is 23.1 Å². The summed E-state index contributed by atoms with van der Waals surface area (Å²) in [5, 5.41) is 12.7. The van der Waals surface area contributed by atoms with Gasteiger partial charge in [0, 0.05) is 6.54 Å². The molecule has 0 saturated carbocycles. The largest absolute Gasteiger partial charge is 0.483 e. The number of fused-ring (bicyclic) bond motifs is 1. The fourth-order valence-corrected chi connectivity index (χ4v) is 4.73. The first-order chi connectivity index (χ1) is 15.5. The number of hydrogen-bond acceptors (Lipinski definition) is 7. The van der Waals surface area contributed by atoms with Crippen LogP contribution in [-0.2, 0) is 11.3 Å². The third-order valence-electron chi connectivity index (χ3n) is 4.63. The number of thioether (sulfide) groups is 1. The van der Waals surface area contributed by atoms with Gasteiger partial charge in [-0.1, -0.05) is 59.0 Å². The quantitative estimate of drug-likeness (QED) is 0.268. The summed E-state index contributed by atoms with van der Waals surface area (Å²) < 4.78 is 8.99. The number of rotatable bonds is 9. The number of ether oxygens (including phenoxy) is 1. The molecule has 164 valence electrons. The molecule has 0 spiro atoms. The molecule has 0 radical (unpaired) electrons. The van der Waals surface area contributed by atoms with Crippen molar-refractivity contribution in [3.63, 3.8) is 0 Å². The second-order valence-electron chi connectivity index (χ2n) is 7.14. The van der Waals surface area contributed by atoms with Crippen LogP contribution in [0.2, 0.25) is 0 Å². The maximum atomic E-state index is 12.5. The van der Waals surface area contributed by atoms with Gasteiger partial charge in [-0.3, -0.25) is 9.36 Å². The maximum absolute atomic E-state index is 12.5. The van der Waals surface area contributed by atoms with E-state index < -0.39 is 0 Å². The molecule has 0 bridgehead atoms. The monoisotopic (exact) mass is 465 g/mol. The first-order valence-electron chi connectivity index (χ1n) is 10.1. The smallest absolute Gasteiger partial charge is 0.236 e. The van der Waals surface area contributed by atoms with Gasteiger partial charge in [0.15, 0.2) is 22.2 Å². The molecule has 2 aromatic carbocycles. The molecular weight excluding hydrogens is 442 g/mol. The lowest BCUT2D eigenvalue weighted by molar-refractivity contribution is -0.113. The number of benzene rings is 2. The van der Waals surface area contributed by atoms with Gasteiger partial charge in [0.05, 0.1) is 16.0 Å². The molecule has 1 unspecified atom stereocenters. The van der Waals surface area contributed by atoms with Crippen molar-refractivity contribution in [3.8, 4) is 5.75 Å². The zero-order valence-corrected chi connectivity index (χ0v) is 19.4. The molecule has 7 nitrogen and oxygen atoms in total. The zero-order valence-electron chi connectivity index (χ0n) is 17.8. The Morgan fingerprint density at radius 1 is 1.25 bits per heavy atom. The van der Waals surface area contributed by atoms with E-state index in [2.05, 4.69) is 27.1 Å². The molecule has 2 aromatic heterocycles. The Morgan fingerprint density at radius 2 is 2.03 bits per heavy atom. The molecule has 0 saturated heterocycles. The highest BCUT2D eigenvalue weighted by Crippen LogP contribution is 2.27. The highest BCUT2D eigenvalue weighted by atomic mass is 32.2. The Labute approximate surface area is 194 Å². The third-order valence-corrected chi connectivity index (χ3v) is 6.55. The standard InChI is InChI=1S/C23H23N5O2S2/c1-4-13-28-21(16(3)30-17-11-9-15(2)10-12-17)26-27-23(28)31-14-20(29)25-22-24-18-7-5-6-8-19(18)32-22/h4-12,16H,1,13-14H2,2-3H3,(H,24,25,29). The number of para-hydroxylation sites is 1. The molecule has 1 atom stereocenters. The van der Waals surface area contributed by atoms with Gasteiger partial charge < -0.3 is 10.1 Å². The molecule has 0 fully saturated rings. The summed E-state index contributed by atoms with van der Waals surface area (Å²) in [6.07, 6.45) is 1.47. The van der Waals surface area contributed by atoms with Gasteiger partial charge in [-0.25, -0.2) is 4.98 Å². The Bertz CT molecular complexity index is 1200. The van der Waals surface area contributed by atoms with E-state index in [0.29, 0.717) is 22.7 Å². The van der Waals surface area contributed by atoms with Crippen molar-refractivity contribution in [2.75, 3.05) is 11.1 Å². The number of nitrogens with zero attached hydrogens (tertiary/aromatic N) is 4. The van der Waals surface area contributed by atoms with Crippen molar-refractivity contribution in [2.45, 2.75) is 31.7 Å².